The van der Waals surface area contributed by atoms with Crippen molar-refractivity contribution in [1.82, 2.24) is 14.5 Å². The summed E-state index contributed by atoms with van der Waals surface area (Å²) in [5.41, 5.74) is 2.08. The molecule has 1 unspecified atom stereocenters. The highest BCUT2D eigenvalue weighted by atomic mass is 16.3. The van der Waals surface area contributed by atoms with Gasteiger partial charge in [-0.2, -0.15) is 0 Å². The Morgan fingerprint density at radius 3 is 2.70 bits per heavy atom. The minimum Gasteiger partial charge on any atom is -0.508 e. The van der Waals surface area contributed by atoms with E-state index in [4.69, 9.17) is 0 Å². The van der Waals surface area contributed by atoms with Gasteiger partial charge in [0.1, 0.15) is 11.6 Å². The molecule has 1 saturated heterocycles. The number of rotatable bonds is 3. The lowest BCUT2D eigenvalue weighted by atomic mass is 10.1. The van der Waals surface area contributed by atoms with Gasteiger partial charge in [0.25, 0.3) is 0 Å². The quantitative estimate of drug-likeness (QED) is 0.774. The standard InChI is InChI=1S/C21H24N4O2/c1-23(2)15-8-9-25(12-15)20-7-4-14(11-22-20)18-13-24(3)19-10-16(26)5-6-17(19)21(18)27/h4-7,10-11,13,15,26H,8-9,12H2,1-3H3. The molecule has 140 valence electrons. The summed E-state index contributed by atoms with van der Waals surface area (Å²) in [7, 11) is 6.10. The summed E-state index contributed by atoms with van der Waals surface area (Å²) in [4.78, 5) is 22.1. The first-order chi connectivity index (χ1) is 12.9. The van der Waals surface area contributed by atoms with Crippen LogP contribution in [-0.2, 0) is 7.05 Å². The normalized spacial score (nSPS) is 17.2. The number of phenolic OH excluding ortho intramolecular Hbond substituents is 1. The molecular weight excluding hydrogens is 340 g/mol. The van der Waals surface area contributed by atoms with Crippen molar-refractivity contribution in [2.24, 2.45) is 7.05 Å². The van der Waals surface area contributed by atoms with E-state index in [-0.39, 0.29) is 11.2 Å². The van der Waals surface area contributed by atoms with E-state index in [0.717, 1.165) is 30.9 Å². The van der Waals surface area contributed by atoms with E-state index >= 15 is 0 Å². The van der Waals surface area contributed by atoms with Crippen LogP contribution in [0, 0.1) is 0 Å². The van der Waals surface area contributed by atoms with Gasteiger partial charge in [-0.25, -0.2) is 4.98 Å². The molecular formula is C21H24N4O2. The molecule has 0 radical (unpaired) electrons. The van der Waals surface area contributed by atoms with Crippen LogP contribution in [0.15, 0.2) is 47.5 Å². The van der Waals surface area contributed by atoms with Gasteiger partial charge in [-0.3, -0.25) is 4.79 Å². The van der Waals surface area contributed by atoms with Gasteiger partial charge < -0.3 is 19.5 Å². The Balaban J connectivity index is 1.68. The van der Waals surface area contributed by atoms with Gasteiger partial charge in [0.2, 0.25) is 0 Å². The van der Waals surface area contributed by atoms with E-state index < -0.39 is 0 Å². The van der Waals surface area contributed by atoms with Gasteiger partial charge in [0.05, 0.1) is 5.52 Å². The number of aromatic nitrogens is 2. The van der Waals surface area contributed by atoms with E-state index in [9.17, 15) is 9.90 Å². The highest BCUT2D eigenvalue weighted by Crippen LogP contribution is 2.25. The van der Waals surface area contributed by atoms with E-state index in [1.165, 1.54) is 0 Å². The van der Waals surface area contributed by atoms with E-state index in [1.54, 1.807) is 30.6 Å². The largest absolute Gasteiger partial charge is 0.508 e. The molecule has 0 saturated carbocycles. The number of hydrogen-bond acceptors (Lipinski definition) is 5. The van der Waals surface area contributed by atoms with Crippen LogP contribution >= 0.6 is 0 Å². The van der Waals surface area contributed by atoms with Gasteiger partial charge in [0, 0.05) is 61.2 Å². The summed E-state index contributed by atoms with van der Waals surface area (Å²) in [6.45, 7) is 1.97. The van der Waals surface area contributed by atoms with Crippen molar-refractivity contribution in [2.75, 3.05) is 32.1 Å². The molecule has 1 fully saturated rings. The zero-order valence-electron chi connectivity index (χ0n) is 15.9. The van der Waals surface area contributed by atoms with Crippen LogP contribution < -0.4 is 10.3 Å². The van der Waals surface area contributed by atoms with E-state index in [2.05, 4.69) is 28.9 Å². The van der Waals surface area contributed by atoms with Gasteiger partial charge >= 0.3 is 0 Å². The van der Waals surface area contributed by atoms with Crippen LogP contribution in [0.5, 0.6) is 5.75 Å². The van der Waals surface area contributed by atoms with Crippen molar-refractivity contribution in [3.8, 4) is 16.9 Å². The molecule has 2 aromatic heterocycles. The van der Waals surface area contributed by atoms with Crippen molar-refractivity contribution in [1.29, 1.82) is 0 Å². The molecule has 3 aromatic rings. The van der Waals surface area contributed by atoms with Crippen molar-refractivity contribution in [2.45, 2.75) is 12.5 Å². The third-order valence-corrected chi connectivity index (χ3v) is 5.45. The van der Waals surface area contributed by atoms with Gasteiger partial charge in [-0.15, -0.1) is 0 Å². The second-order valence-corrected chi connectivity index (χ2v) is 7.44. The maximum atomic E-state index is 12.9. The zero-order valence-corrected chi connectivity index (χ0v) is 15.9. The van der Waals surface area contributed by atoms with Gasteiger partial charge in [-0.05, 0) is 44.8 Å². The predicted molar refractivity (Wildman–Crippen MR) is 108 cm³/mol. The van der Waals surface area contributed by atoms with E-state index in [0.29, 0.717) is 22.5 Å². The van der Waals surface area contributed by atoms with Crippen LogP contribution in [0.4, 0.5) is 5.82 Å². The molecule has 3 heterocycles. The Hall–Kier alpha value is -2.86. The monoisotopic (exact) mass is 364 g/mol. The molecule has 1 N–H and O–H groups in total. The second-order valence-electron chi connectivity index (χ2n) is 7.44. The fourth-order valence-electron chi connectivity index (χ4n) is 3.78. The summed E-state index contributed by atoms with van der Waals surface area (Å²) >= 11 is 0. The first kappa shape index (κ1) is 17.5. The molecule has 0 amide bonds. The summed E-state index contributed by atoms with van der Waals surface area (Å²) in [6, 6.07) is 9.34. The number of phenols is 1. The summed E-state index contributed by atoms with van der Waals surface area (Å²) in [5, 5.41) is 10.3. The average Bonchev–Trinajstić information content (AvgIpc) is 3.15. The predicted octanol–water partition coefficient (Wildman–Crippen LogP) is 2.45. The van der Waals surface area contributed by atoms with Crippen molar-refractivity contribution in [3.63, 3.8) is 0 Å². The maximum Gasteiger partial charge on any atom is 0.197 e. The Bertz CT molecular complexity index is 1040. The first-order valence-corrected chi connectivity index (χ1v) is 9.14. The Labute approximate surface area is 158 Å². The number of aromatic hydroxyl groups is 1. The van der Waals surface area contributed by atoms with E-state index in [1.807, 2.05) is 23.7 Å². The Morgan fingerprint density at radius 2 is 2.04 bits per heavy atom. The number of nitrogens with zero attached hydrogens (tertiary/aromatic N) is 4. The van der Waals surface area contributed by atoms with Crippen LogP contribution in [0.25, 0.3) is 22.0 Å². The van der Waals surface area contributed by atoms with Crippen LogP contribution in [0.1, 0.15) is 6.42 Å². The van der Waals surface area contributed by atoms with Crippen molar-refractivity contribution < 1.29 is 5.11 Å². The molecule has 1 aromatic carbocycles. The molecule has 1 atom stereocenters. The van der Waals surface area contributed by atoms with Crippen molar-refractivity contribution >= 4 is 16.7 Å². The first-order valence-electron chi connectivity index (χ1n) is 9.14. The molecule has 4 rings (SSSR count). The SMILES string of the molecule is CN(C)C1CCN(c2ccc(-c3cn(C)c4cc(O)ccc4c3=O)cn2)C1. The average molecular weight is 364 g/mol. The Kier molecular flexibility index (Phi) is 4.36. The molecule has 0 aliphatic carbocycles. The zero-order chi connectivity index (χ0) is 19.1. The molecule has 27 heavy (non-hydrogen) atoms. The van der Waals surface area contributed by atoms with Crippen LogP contribution in [0.3, 0.4) is 0 Å². The molecule has 0 bridgehead atoms. The lowest BCUT2D eigenvalue weighted by Crippen LogP contribution is -2.31. The third kappa shape index (κ3) is 3.17. The highest BCUT2D eigenvalue weighted by molar-refractivity contribution is 5.85. The molecule has 6 heteroatoms. The third-order valence-electron chi connectivity index (χ3n) is 5.45. The topological polar surface area (TPSA) is 61.6 Å². The second kappa shape index (κ2) is 6.70. The lowest BCUT2D eigenvalue weighted by Gasteiger charge is -2.21. The minimum atomic E-state index is -0.0495. The molecule has 6 nitrogen and oxygen atoms in total. The summed E-state index contributed by atoms with van der Waals surface area (Å²) in [5.74, 6) is 1.10. The Morgan fingerprint density at radius 1 is 1.22 bits per heavy atom. The van der Waals surface area contributed by atoms with Crippen molar-refractivity contribution in [3.05, 3.63) is 52.9 Å². The van der Waals surface area contributed by atoms with Crippen LogP contribution in [-0.4, -0.2) is 52.8 Å². The number of pyridine rings is 2. The fourth-order valence-corrected chi connectivity index (χ4v) is 3.78. The number of anilines is 1. The smallest absolute Gasteiger partial charge is 0.197 e. The molecule has 1 aliphatic rings. The number of fused-ring (bicyclic) bond motifs is 1. The summed E-state index contributed by atoms with van der Waals surface area (Å²) < 4.78 is 1.86. The minimum absolute atomic E-state index is 0.0495. The van der Waals surface area contributed by atoms with Crippen LogP contribution in [0.2, 0.25) is 0 Å². The van der Waals surface area contributed by atoms with Gasteiger partial charge in [0.15, 0.2) is 5.43 Å². The fraction of sp³-hybridized carbons (Fsp3) is 0.333. The number of benzene rings is 1. The molecule has 0 spiro atoms. The lowest BCUT2D eigenvalue weighted by molar-refractivity contribution is 0.315. The number of hydrogen-bond donors (Lipinski definition) is 1. The summed E-state index contributed by atoms with van der Waals surface area (Å²) in [6.07, 6.45) is 4.72. The molecule has 1 aliphatic heterocycles. The van der Waals surface area contributed by atoms with Gasteiger partial charge in [-0.1, -0.05) is 0 Å². The number of aryl methyl sites for hydroxylation is 1. The highest BCUT2D eigenvalue weighted by Gasteiger charge is 2.24. The number of likely N-dealkylation sites (N-methyl/N-ethyl adjacent to an activating group) is 1. The maximum absolute atomic E-state index is 12.9.